The Morgan fingerprint density at radius 3 is 3.00 bits per heavy atom. The molecule has 0 aromatic carbocycles. The molecule has 0 N–H and O–H groups in total. The van der Waals surface area contributed by atoms with E-state index in [4.69, 9.17) is 0 Å². The van der Waals surface area contributed by atoms with E-state index in [1.165, 1.54) is 6.08 Å². The van der Waals surface area contributed by atoms with Gasteiger partial charge in [0.25, 0.3) is 5.69 Å². The molecule has 64 valence electrons. The smallest absolute Gasteiger partial charge is 0.359 e. The highest BCUT2D eigenvalue weighted by Crippen LogP contribution is 2.10. The Morgan fingerprint density at radius 1 is 1.83 bits per heavy atom. The zero-order chi connectivity index (χ0) is 9.14. The summed E-state index contributed by atoms with van der Waals surface area (Å²) in [5.41, 5.74) is -0.144. The van der Waals surface area contributed by atoms with E-state index in [0.29, 0.717) is 0 Å². The van der Waals surface area contributed by atoms with E-state index in [1.807, 2.05) is 0 Å². The van der Waals surface area contributed by atoms with Gasteiger partial charge in [0.05, 0.1) is 5.16 Å². The molecule has 1 aromatic rings. The maximum atomic E-state index is 10.7. The number of nitrogens with zero attached hydrogens (tertiary/aromatic N) is 3. The molecule has 0 fully saturated rings. The number of hydrogen-bond donors (Lipinski definition) is 0. The van der Waals surface area contributed by atoms with Crippen molar-refractivity contribution in [1.29, 1.82) is 0 Å². The van der Waals surface area contributed by atoms with Crippen LogP contribution in [0.3, 0.4) is 0 Å². The summed E-state index contributed by atoms with van der Waals surface area (Å²) in [4.78, 5) is 9.43. The van der Waals surface area contributed by atoms with Crippen molar-refractivity contribution >= 4 is 5.82 Å². The largest absolute Gasteiger partial charge is 0.436 e. The van der Waals surface area contributed by atoms with Gasteiger partial charge in [-0.25, -0.2) is 0 Å². The van der Waals surface area contributed by atoms with Gasteiger partial charge < -0.3 is 15.3 Å². The van der Waals surface area contributed by atoms with Crippen molar-refractivity contribution < 1.29 is 14.5 Å². The van der Waals surface area contributed by atoms with Crippen molar-refractivity contribution in [3.63, 3.8) is 0 Å². The molecule has 0 bridgehead atoms. The molecule has 7 heteroatoms. The Morgan fingerprint density at radius 2 is 2.50 bits per heavy atom. The first-order valence-electron chi connectivity index (χ1n) is 3.00. The zero-order valence-corrected chi connectivity index (χ0v) is 5.97. The fourth-order valence-electron chi connectivity index (χ4n) is 0.701. The van der Waals surface area contributed by atoms with Gasteiger partial charge in [-0.3, -0.25) is 4.63 Å². The first kappa shape index (κ1) is 8.18. The summed E-state index contributed by atoms with van der Waals surface area (Å²) in [6.07, 6.45) is 1.41. The van der Waals surface area contributed by atoms with Gasteiger partial charge >= 0.3 is 5.82 Å². The summed E-state index contributed by atoms with van der Waals surface area (Å²) in [7, 11) is 0. The minimum Gasteiger partial charge on any atom is -0.359 e. The van der Waals surface area contributed by atoms with Gasteiger partial charge in [0.15, 0.2) is 0 Å². The van der Waals surface area contributed by atoms with E-state index in [-0.39, 0.29) is 17.0 Å². The second-order valence-electron chi connectivity index (χ2n) is 1.95. The van der Waals surface area contributed by atoms with Crippen LogP contribution in [0.4, 0.5) is 5.82 Å². The minimum absolute atomic E-state index is 0.000185. The van der Waals surface area contributed by atoms with Crippen molar-refractivity contribution in [2.45, 2.75) is 6.42 Å². The van der Waals surface area contributed by atoms with Gasteiger partial charge in [0.1, 0.15) is 0 Å². The number of aromatic nitrogens is 2. The van der Waals surface area contributed by atoms with Gasteiger partial charge in [-0.05, 0) is 9.83 Å². The van der Waals surface area contributed by atoms with E-state index in [1.54, 1.807) is 0 Å². The van der Waals surface area contributed by atoms with E-state index < -0.39 is 10.7 Å². The lowest BCUT2D eigenvalue weighted by Crippen LogP contribution is -2.27. The van der Waals surface area contributed by atoms with Crippen LogP contribution in [0.25, 0.3) is 0 Å². The van der Waals surface area contributed by atoms with Crippen molar-refractivity contribution in [1.82, 2.24) is 5.16 Å². The summed E-state index contributed by atoms with van der Waals surface area (Å²) >= 11 is 0. The molecule has 1 aromatic heterocycles. The summed E-state index contributed by atoms with van der Waals surface area (Å²) in [5, 5.41) is 23.8. The van der Waals surface area contributed by atoms with Crippen LogP contribution >= 0.6 is 0 Å². The Kier molecular flexibility index (Phi) is 2.04. The van der Waals surface area contributed by atoms with Crippen LogP contribution in [0.1, 0.15) is 5.69 Å². The fraction of sp³-hybridized carbons (Fsp3) is 0.200. The molecule has 1 heterocycles. The zero-order valence-electron chi connectivity index (χ0n) is 5.97. The molecule has 0 radical (unpaired) electrons. The number of allylic oxidation sites excluding steroid dienone is 1. The molecule has 0 saturated carbocycles. The molecule has 0 saturated heterocycles. The first-order valence-corrected chi connectivity index (χ1v) is 3.00. The van der Waals surface area contributed by atoms with Crippen molar-refractivity contribution in [3.05, 3.63) is 33.7 Å². The highest BCUT2D eigenvalue weighted by molar-refractivity contribution is 5.20. The van der Waals surface area contributed by atoms with Crippen molar-refractivity contribution in [3.8, 4) is 0 Å². The minimum atomic E-state index is -0.781. The molecule has 0 aliphatic rings. The fourth-order valence-corrected chi connectivity index (χ4v) is 0.701. The number of nitro groups is 1. The monoisotopic (exact) mass is 171 g/mol. The highest BCUT2D eigenvalue weighted by Gasteiger charge is 2.22. The van der Waals surface area contributed by atoms with Crippen LogP contribution < -0.4 is 4.90 Å². The Balaban J connectivity index is 3.11. The lowest BCUT2D eigenvalue weighted by atomic mass is 10.3. The quantitative estimate of drug-likeness (QED) is 0.275. The third kappa shape index (κ3) is 1.24. The molecule has 0 spiro atoms. The van der Waals surface area contributed by atoms with Crippen LogP contribution in [0.2, 0.25) is 0 Å². The van der Waals surface area contributed by atoms with Crippen LogP contribution in [-0.4, -0.2) is 10.1 Å². The lowest BCUT2D eigenvalue weighted by molar-refractivity contribution is -0.807. The van der Waals surface area contributed by atoms with Crippen LogP contribution in [0.5, 0.6) is 0 Å². The maximum absolute atomic E-state index is 10.7. The molecule has 1 rings (SSSR count). The molecular weight excluding hydrogens is 166 g/mol. The summed E-state index contributed by atoms with van der Waals surface area (Å²) in [6, 6.07) is 0. The lowest BCUT2D eigenvalue weighted by Gasteiger charge is -1.90. The van der Waals surface area contributed by atoms with E-state index >= 15 is 0 Å². The molecule has 0 unspecified atom stereocenters. The van der Waals surface area contributed by atoms with Gasteiger partial charge in [0.2, 0.25) is 0 Å². The molecule has 12 heavy (non-hydrogen) atoms. The molecule has 0 aliphatic carbocycles. The van der Waals surface area contributed by atoms with Crippen LogP contribution in [-0.2, 0) is 6.42 Å². The topological polar surface area (TPSA) is 96.1 Å². The standard InChI is InChI=1S/C5H5N3O4/c1-2-3-4-5(7(9)10)6-12-8(4)11/h2H,1,3H2. The number of hydrogen-bond acceptors (Lipinski definition) is 5. The molecular formula is C5H5N3O4. The predicted octanol–water partition coefficient (Wildman–Crippen LogP) is -0.0553. The normalized spacial score (nSPS) is 9.67. The second kappa shape index (κ2) is 2.99. The van der Waals surface area contributed by atoms with Gasteiger partial charge in [0, 0.05) is 6.42 Å². The highest BCUT2D eigenvalue weighted by atomic mass is 16.8. The van der Waals surface area contributed by atoms with E-state index in [0.717, 1.165) is 0 Å². The van der Waals surface area contributed by atoms with Gasteiger partial charge in [-0.1, -0.05) is 6.08 Å². The summed E-state index contributed by atoms with van der Waals surface area (Å²) in [6.45, 7) is 3.33. The molecule has 0 amide bonds. The van der Waals surface area contributed by atoms with Gasteiger partial charge in [-0.15, -0.1) is 6.58 Å². The van der Waals surface area contributed by atoms with Crippen LogP contribution in [0, 0.1) is 15.3 Å². The van der Waals surface area contributed by atoms with E-state index in [9.17, 15) is 15.3 Å². The average molecular weight is 171 g/mol. The molecule has 0 aliphatic heterocycles. The van der Waals surface area contributed by atoms with E-state index in [2.05, 4.69) is 16.4 Å². The SMILES string of the molecule is C=CCc1c([N+](=O)[O-])no[n+]1[O-]. The Labute approximate surface area is 66.6 Å². The Bertz CT molecular complexity index is 318. The van der Waals surface area contributed by atoms with Crippen molar-refractivity contribution in [2.24, 2.45) is 0 Å². The predicted molar refractivity (Wildman–Crippen MR) is 36.0 cm³/mol. The van der Waals surface area contributed by atoms with Crippen molar-refractivity contribution in [2.75, 3.05) is 0 Å². The molecule has 7 nitrogen and oxygen atoms in total. The Hall–Kier alpha value is -1.92. The maximum Gasteiger partial charge on any atom is 0.436 e. The second-order valence-corrected chi connectivity index (χ2v) is 1.95. The average Bonchev–Trinajstić information content (AvgIpc) is 2.34. The summed E-state index contributed by atoms with van der Waals surface area (Å²) < 4.78 is 4.03. The third-order valence-corrected chi connectivity index (χ3v) is 1.19. The van der Waals surface area contributed by atoms with Gasteiger partial charge in [-0.2, -0.15) is 0 Å². The summed E-state index contributed by atoms with van der Waals surface area (Å²) in [5.74, 6) is -0.565. The molecule has 0 atom stereocenters. The first-order chi connectivity index (χ1) is 5.66. The van der Waals surface area contributed by atoms with Crippen LogP contribution in [0.15, 0.2) is 17.3 Å². The number of rotatable bonds is 3. The third-order valence-electron chi connectivity index (χ3n) is 1.19.